The number of pyridine rings is 1. The molecule has 4 nitrogen and oxygen atoms in total. The first-order valence-corrected chi connectivity index (χ1v) is 12.1. The van der Waals surface area contributed by atoms with E-state index in [1.165, 1.54) is 6.92 Å². The van der Waals surface area contributed by atoms with E-state index in [9.17, 15) is 44.3 Å². The zero-order valence-corrected chi connectivity index (χ0v) is 21.2. The van der Waals surface area contributed by atoms with Gasteiger partial charge in [0, 0.05) is 23.9 Å². The summed E-state index contributed by atoms with van der Waals surface area (Å²) in [5, 5.41) is 0. The summed E-state index contributed by atoms with van der Waals surface area (Å²) in [6.45, 7) is 0.390. The van der Waals surface area contributed by atoms with Crippen molar-refractivity contribution in [1.29, 1.82) is 0 Å². The fourth-order valence-corrected chi connectivity index (χ4v) is 4.51. The summed E-state index contributed by atoms with van der Waals surface area (Å²) < 4.78 is 133. The van der Waals surface area contributed by atoms with E-state index in [2.05, 4.69) is 4.98 Å². The lowest BCUT2D eigenvalue weighted by atomic mass is 9.94. The molecule has 3 aromatic rings. The van der Waals surface area contributed by atoms with Gasteiger partial charge in [0.2, 0.25) is 0 Å². The molecule has 0 aliphatic heterocycles. The first kappa shape index (κ1) is 29.9. The number of halogens is 9. The van der Waals surface area contributed by atoms with Crippen LogP contribution in [0.2, 0.25) is 0 Å². The molecular formula is C28H20F9NO3. The molecule has 218 valence electrons. The van der Waals surface area contributed by atoms with Gasteiger partial charge in [-0.05, 0) is 67.2 Å². The second kappa shape index (κ2) is 11.5. The Morgan fingerprint density at radius 3 is 2.17 bits per heavy atom. The molecule has 4 rings (SSSR count). The highest BCUT2D eigenvalue weighted by Gasteiger charge is 2.38. The second-order valence-corrected chi connectivity index (χ2v) is 8.99. The van der Waals surface area contributed by atoms with Crippen molar-refractivity contribution in [2.75, 3.05) is 6.61 Å². The van der Waals surface area contributed by atoms with Crippen LogP contribution in [0.3, 0.4) is 0 Å². The van der Waals surface area contributed by atoms with Crippen molar-refractivity contribution < 1.29 is 53.8 Å². The van der Waals surface area contributed by atoms with E-state index >= 15 is 0 Å². The molecule has 0 spiro atoms. The van der Waals surface area contributed by atoms with Crippen LogP contribution in [0.1, 0.15) is 64.5 Å². The number of alkyl halides is 6. The SMILES string of the molecule is CCOC(=O)c1cc(C2=C(c3cc(C(F)(F)F)ccc3OCc3c(F)cc(F)cc3F)CCC2)cnc1C(F)(F)F. The van der Waals surface area contributed by atoms with Crippen LogP contribution in [-0.2, 0) is 23.7 Å². The van der Waals surface area contributed by atoms with Crippen molar-refractivity contribution in [3.05, 3.63) is 93.6 Å². The summed E-state index contributed by atoms with van der Waals surface area (Å²) in [5.41, 5.74) is -3.59. The van der Waals surface area contributed by atoms with Gasteiger partial charge in [-0.3, -0.25) is 4.98 Å². The molecule has 0 fully saturated rings. The van der Waals surface area contributed by atoms with Gasteiger partial charge < -0.3 is 9.47 Å². The van der Waals surface area contributed by atoms with Crippen LogP contribution in [0, 0.1) is 17.5 Å². The highest BCUT2D eigenvalue weighted by atomic mass is 19.4. The molecule has 1 aliphatic rings. The van der Waals surface area contributed by atoms with Crippen LogP contribution in [0.5, 0.6) is 5.75 Å². The fourth-order valence-electron chi connectivity index (χ4n) is 4.51. The first-order valence-electron chi connectivity index (χ1n) is 12.1. The van der Waals surface area contributed by atoms with E-state index in [0.717, 1.165) is 24.4 Å². The third-order valence-corrected chi connectivity index (χ3v) is 6.33. The van der Waals surface area contributed by atoms with Gasteiger partial charge in [-0.15, -0.1) is 0 Å². The van der Waals surface area contributed by atoms with Crippen molar-refractivity contribution in [3.8, 4) is 5.75 Å². The van der Waals surface area contributed by atoms with Gasteiger partial charge in [0.25, 0.3) is 0 Å². The monoisotopic (exact) mass is 589 g/mol. The maximum Gasteiger partial charge on any atom is 0.434 e. The molecule has 2 aromatic carbocycles. The van der Waals surface area contributed by atoms with Crippen LogP contribution < -0.4 is 4.74 Å². The molecule has 0 saturated heterocycles. The van der Waals surface area contributed by atoms with Crippen molar-refractivity contribution in [2.45, 2.75) is 45.1 Å². The van der Waals surface area contributed by atoms with Crippen molar-refractivity contribution in [3.63, 3.8) is 0 Å². The largest absolute Gasteiger partial charge is 0.488 e. The molecule has 0 bridgehead atoms. The number of hydrogen-bond donors (Lipinski definition) is 0. The summed E-state index contributed by atoms with van der Waals surface area (Å²) in [6, 6.07) is 4.18. The van der Waals surface area contributed by atoms with E-state index in [-0.39, 0.29) is 41.9 Å². The maximum absolute atomic E-state index is 14.2. The molecule has 1 heterocycles. The summed E-state index contributed by atoms with van der Waals surface area (Å²) in [4.78, 5) is 15.8. The number of rotatable bonds is 7. The number of nitrogens with zero attached hydrogens (tertiary/aromatic N) is 1. The molecule has 0 radical (unpaired) electrons. The van der Waals surface area contributed by atoms with Crippen LogP contribution >= 0.6 is 0 Å². The summed E-state index contributed by atoms with van der Waals surface area (Å²) in [7, 11) is 0. The van der Waals surface area contributed by atoms with E-state index in [1.807, 2.05) is 0 Å². The molecule has 41 heavy (non-hydrogen) atoms. The quantitative estimate of drug-likeness (QED) is 0.205. The number of ether oxygens (including phenoxy) is 2. The Morgan fingerprint density at radius 2 is 1.56 bits per heavy atom. The Hall–Kier alpha value is -4.03. The van der Waals surface area contributed by atoms with Crippen LogP contribution in [-0.4, -0.2) is 17.6 Å². The molecule has 0 unspecified atom stereocenters. The second-order valence-electron chi connectivity index (χ2n) is 8.99. The Bertz CT molecular complexity index is 1490. The van der Waals surface area contributed by atoms with Gasteiger partial charge in [-0.25, -0.2) is 18.0 Å². The normalized spacial score (nSPS) is 14.0. The maximum atomic E-state index is 14.2. The predicted octanol–water partition coefficient (Wildman–Crippen LogP) is 8.39. The topological polar surface area (TPSA) is 48.4 Å². The fraction of sp³-hybridized carbons (Fsp3) is 0.286. The number of carbonyl (C=O) groups is 1. The summed E-state index contributed by atoms with van der Waals surface area (Å²) >= 11 is 0. The molecule has 1 aliphatic carbocycles. The highest BCUT2D eigenvalue weighted by Crippen LogP contribution is 2.45. The van der Waals surface area contributed by atoms with Gasteiger partial charge in [-0.1, -0.05) is 0 Å². The van der Waals surface area contributed by atoms with Gasteiger partial charge in [0.15, 0.2) is 5.69 Å². The van der Waals surface area contributed by atoms with Crippen molar-refractivity contribution in [2.24, 2.45) is 0 Å². The molecule has 0 atom stereocenters. The summed E-state index contributed by atoms with van der Waals surface area (Å²) in [6.07, 6.45) is -8.14. The summed E-state index contributed by atoms with van der Waals surface area (Å²) in [5.74, 6) is -5.19. The van der Waals surface area contributed by atoms with Crippen LogP contribution in [0.4, 0.5) is 39.5 Å². The predicted molar refractivity (Wildman–Crippen MR) is 128 cm³/mol. The third kappa shape index (κ3) is 6.49. The smallest absolute Gasteiger partial charge is 0.434 e. The van der Waals surface area contributed by atoms with E-state index in [1.54, 1.807) is 0 Å². The van der Waals surface area contributed by atoms with Crippen LogP contribution in [0.25, 0.3) is 11.1 Å². The number of esters is 1. The zero-order chi connectivity index (χ0) is 30.1. The number of aromatic nitrogens is 1. The molecule has 0 saturated carbocycles. The molecule has 1 aromatic heterocycles. The lowest BCUT2D eigenvalue weighted by molar-refractivity contribution is -0.141. The number of allylic oxidation sites excluding steroid dienone is 2. The van der Waals surface area contributed by atoms with Gasteiger partial charge >= 0.3 is 18.3 Å². The zero-order valence-electron chi connectivity index (χ0n) is 21.2. The number of benzene rings is 2. The van der Waals surface area contributed by atoms with Crippen molar-refractivity contribution in [1.82, 2.24) is 4.98 Å². The first-order chi connectivity index (χ1) is 19.2. The Kier molecular flexibility index (Phi) is 8.36. The average molecular weight is 589 g/mol. The molecule has 0 N–H and O–H groups in total. The Balaban J connectivity index is 1.84. The Labute approximate surface area is 227 Å². The minimum Gasteiger partial charge on any atom is -0.488 e. The van der Waals surface area contributed by atoms with E-state index in [4.69, 9.17) is 9.47 Å². The molecular weight excluding hydrogens is 569 g/mol. The number of carbonyl (C=O) groups excluding carboxylic acids is 1. The molecule has 0 amide bonds. The minimum atomic E-state index is -4.99. The average Bonchev–Trinajstić information content (AvgIpc) is 3.36. The van der Waals surface area contributed by atoms with Gasteiger partial charge in [0.1, 0.15) is 29.8 Å². The standard InChI is InChI=1S/C28H20F9NO3/c1-2-40-26(39)20-8-14(12-38-25(20)28(35,36)37)17-4-3-5-18(17)19-9-15(27(32,33)34)6-7-24(19)41-13-21-22(30)10-16(29)11-23(21)31/h6-12H,2-5,13H2,1H3. The lowest BCUT2D eigenvalue weighted by Crippen LogP contribution is -2.17. The van der Waals surface area contributed by atoms with Gasteiger partial charge in [0.05, 0.1) is 23.3 Å². The number of hydrogen-bond acceptors (Lipinski definition) is 4. The van der Waals surface area contributed by atoms with Gasteiger partial charge in [-0.2, -0.15) is 26.3 Å². The third-order valence-electron chi connectivity index (χ3n) is 6.33. The van der Waals surface area contributed by atoms with E-state index < -0.39 is 64.8 Å². The van der Waals surface area contributed by atoms with Crippen LogP contribution in [0.15, 0.2) is 42.6 Å². The minimum absolute atomic E-state index is 0.0486. The lowest BCUT2D eigenvalue weighted by Gasteiger charge is -2.18. The van der Waals surface area contributed by atoms with E-state index in [0.29, 0.717) is 30.2 Å². The molecule has 13 heteroatoms. The Morgan fingerprint density at radius 1 is 0.902 bits per heavy atom. The van der Waals surface area contributed by atoms with Crippen molar-refractivity contribution >= 4 is 17.1 Å². The highest BCUT2D eigenvalue weighted by molar-refractivity contribution is 5.97.